The lowest BCUT2D eigenvalue weighted by atomic mass is 9.92. The average Bonchev–Trinajstić information content (AvgIpc) is 2.59. The van der Waals surface area contributed by atoms with Gasteiger partial charge in [0.05, 0.1) is 5.70 Å². The Kier molecular flexibility index (Phi) is 1.42. The number of fused-ring (bicyclic) bond motifs is 3. The van der Waals surface area contributed by atoms with Crippen molar-refractivity contribution in [3.8, 4) is 0 Å². The first-order valence-corrected chi connectivity index (χ1v) is 4.54. The van der Waals surface area contributed by atoms with E-state index in [4.69, 9.17) is 5.73 Å². The van der Waals surface area contributed by atoms with Crippen LogP contribution in [0.4, 0.5) is 0 Å². The number of aliphatic imine (C=N–C) groups is 2. The number of benzene rings is 1. The van der Waals surface area contributed by atoms with Crippen molar-refractivity contribution >= 4 is 17.5 Å². The highest BCUT2D eigenvalue weighted by Crippen LogP contribution is 2.25. The molecule has 0 fully saturated rings. The van der Waals surface area contributed by atoms with Gasteiger partial charge in [0.15, 0.2) is 5.78 Å². The van der Waals surface area contributed by atoms with Crippen molar-refractivity contribution < 1.29 is 4.79 Å². The third kappa shape index (κ3) is 1.05. The van der Waals surface area contributed by atoms with E-state index in [1.54, 1.807) is 6.07 Å². The molecule has 72 valence electrons. The molecule has 2 aliphatic rings. The van der Waals surface area contributed by atoms with Gasteiger partial charge in [-0.05, 0) is 0 Å². The number of carbonyl (C=O) groups is 1. The Hall–Kier alpha value is -2.23. The Morgan fingerprint density at radius 1 is 1.07 bits per heavy atom. The minimum Gasteiger partial charge on any atom is -0.368 e. The highest BCUT2D eigenvalue weighted by atomic mass is 16.1. The lowest BCUT2D eigenvalue weighted by Crippen LogP contribution is -2.15. The summed E-state index contributed by atoms with van der Waals surface area (Å²) in [5.41, 5.74) is 8.24. The van der Waals surface area contributed by atoms with Crippen molar-refractivity contribution in [2.24, 2.45) is 15.7 Å². The van der Waals surface area contributed by atoms with E-state index in [0.717, 1.165) is 5.56 Å². The minimum atomic E-state index is -0.0435. The van der Waals surface area contributed by atoms with Crippen LogP contribution in [0, 0.1) is 0 Å². The number of allylic oxidation sites excluding steroid dienone is 2. The summed E-state index contributed by atoms with van der Waals surface area (Å²) < 4.78 is 0. The molecular formula is C11H7N3O. The Balaban J connectivity index is 2.30. The van der Waals surface area contributed by atoms with Gasteiger partial charge in [-0.3, -0.25) is 4.79 Å². The van der Waals surface area contributed by atoms with E-state index >= 15 is 0 Å². The summed E-state index contributed by atoms with van der Waals surface area (Å²) >= 11 is 0. The van der Waals surface area contributed by atoms with Crippen LogP contribution >= 0.6 is 0 Å². The van der Waals surface area contributed by atoms with Gasteiger partial charge < -0.3 is 5.73 Å². The summed E-state index contributed by atoms with van der Waals surface area (Å²) in [6.45, 7) is 0. The molecule has 1 heterocycles. The van der Waals surface area contributed by atoms with Crippen LogP contribution in [0.2, 0.25) is 0 Å². The quantitative estimate of drug-likeness (QED) is 0.670. The number of hydrogen-bond acceptors (Lipinski definition) is 4. The van der Waals surface area contributed by atoms with Gasteiger partial charge in [0.1, 0.15) is 5.71 Å². The predicted molar refractivity (Wildman–Crippen MR) is 57.0 cm³/mol. The molecule has 1 aromatic rings. The van der Waals surface area contributed by atoms with Crippen LogP contribution in [0.3, 0.4) is 0 Å². The smallest absolute Gasteiger partial charge is 0.221 e. The highest BCUT2D eigenvalue weighted by molar-refractivity contribution is 6.30. The van der Waals surface area contributed by atoms with Gasteiger partial charge in [-0.2, -0.15) is 0 Å². The van der Waals surface area contributed by atoms with Gasteiger partial charge in [0, 0.05) is 17.2 Å². The largest absolute Gasteiger partial charge is 0.368 e. The molecular weight excluding hydrogens is 190 g/mol. The standard InChI is InChI=1S/C11H7N3O/c12-11-13-8-5-9(15)6-3-1-2-4-7(6)10(8)14-11/h1-5H,(H2,12,13). The second-order valence-corrected chi connectivity index (χ2v) is 3.37. The summed E-state index contributed by atoms with van der Waals surface area (Å²) in [5, 5.41) is 0. The van der Waals surface area contributed by atoms with E-state index in [1.165, 1.54) is 6.08 Å². The molecule has 0 saturated heterocycles. The van der Waals surface area contributed by atoms with Crippen LogP contribution < -0.4 is 5.73 Å². The molecule has 0 amide bonds. The van der Waals surface area contributed by atoms with Gasteiger partial charge in [-0.25, -0.2) is 9.98 Å². The molecule has 2 N–H and O–H groups in total. The van der Waals surface area contributed by atoms with E-state index in [1.807, 2.05) is 18.2 Å². The molecule has 0 bridgehead atoms. The first kappa shape index (κ1) is 8.11. The first-order valence-electron chi connectivity index (χ1n) is 4.54. The summed E-state index contributed by atoms with van der Waals surface area (Å²) in [5.74, 6) is 0.166. The zero-order chi connectivity index (χ0) is 10.4. The van der Waals surface area contributed by atoms with Crippen molar-refractivity contribution in [3.63, 3.8) is 0 Å². The topological polar surface area (TPSA) is 67.8 Å². The number of guanidine groups is 1. The molecule has 4 heteroatoms. The van der Waals surface area contributed by atoms with Crippen molar-refractivity contribution in [3.05, 3.63) is 47.2 Å². The second-order valence-electron chi connectivity index (χ2n) is 3.37. The maximum Gasteiger partial charge on any atom is 0.221 e. The van der Waals surface area contributed by atoms with Crippen molar-refractivity contribution in [2.45, 2.75) is 0 Å². The van der Waals surface area contributed by atoms with Crippen LogP contribution in [-0.2, 0) is 0 Å². The fraction of sp³-hybridized carbons (Fsp3) is 0. The fourth-order valence-electron chi connectivity index (χ4n) is 1.78. The molecule has 0 saturated carbocycles. The van der Waals surface area contributed by atoms with Gasteiger partial charge in [-0.15, -0.1) is 0 Å². The summed E-state index contributed by atoms with van der Waals surface area (Å²) in [6, 6.07) is 7.33. The number of ketones is 1. The van der Waals surface area contributed by atoms with Gasteiger partial charge in [0.25, 0.3) is 0 Å². The van der Waals surface area contributed by atoms with Crippen LogP contribution in [0.1, 0.15) is 15.9 Å². The molecule has 1 aromatic carbocycles. The molecule has 1 aliphatic heterocycles. The molecule has 0 aromatic heterocycles. The second kappa shape index (κ2) is 2.63. The Morgan fingerprint density at radius 2 is 1.80 bits per heavy atom. The molecule has 0 unspecified atom stereocenters. The van der Waals surface area contributed by atoms with Gasteiger partial charge >= 0.3 is 0 Å². The number of hydrogen-bond donors (Lipinski definition) is 1. The third-order valence-corrected chi connectivity index (χ3v) is 2.42. The van der Waals surface area contributed by atoms with Crippen molar-refractivity contribution in [1.82, 2.24) is 0 Å². The fourth-order valence-corrected chi connectivity index (χ4v) is 1.78. The zero-order valence-corrected chi connectivity index (χ0v) is 7.77. The molecule has 4 nitrogen and oxygen atoms in total. The van der Waals surface area contributed by atoms with E-state index in [9.17, 15) is 4.79 Å². The van der Waals surface area contributed by atoms with Gasteiger partial charge in [-0.1, -0.05) is 24.3 Å². The summed E-state index contributed by atoms with van der Waals surface area (Å²) in [4.78, 5) is 19.8. The maximum absolute atomic E-state index is 11.7. The van der Waals surface area contributed by atoms with E-state index in [-0.39, 0.29) is 11.7 Å². The van der Waals surface area contributed by atoms with E-state index in [0.29, 0.717) is 17.0 Å². The van der Waals surface area contributed by atoms with Crippen LogP contribution in [0.15, 0.2) is 46.0 Å². The first-order chi connectivity index (χ1) is 7.25. The monoisotopic (exact) mass is 197 g/mol. The lowest BCUT2D eigenvalue weighted by molar-refractivity contribution is 0.104. The summed E-state index contributed by atoms with van der Waals surface area (Å²) in [7, 11) is 0. The van der Waals surface area contributed by atoms with Crippen LogP contribution in [0.5, 0.6) is 0 Å². The Morgan fingerprint density at radius 3 is 2.60 bits per heavy atom. The van der Waals surface area contributed by atoms with E-state index < -0.39 is 0 Å². The van der Waals surface area contributed by atoms with E-state index in [2.05, 4.69) is 9.98 Å². The number of nitrogens with two attached hydrogens (primary N) is 1. The zero-order valence-electron chi connectivity index (χ0n) is 7.77. The molecule has 0 atom stereocenters. The van der Waals surface area contributed by atoms with Gasteiger partial charge in [0.2, 0.25) is 5.96 Å². The predicted octanol–water partition coefficient (Wildman–Crippen LogP) is 0.884. The van der Waals surface area contributed by atoms with Crippen LogP contribution in [-0.4, -0.2) is 17.5 Å². The maximum atomic E-state index is 11.7. The highest BCUT2D eigenvalue weighted by Gasteiger charge is 2.26. The van der Waals surface area contributed by atoms with Crippen LogP contribution in [0.25, 0.3) is 0 Å². The molecule has 3 rings (SSSR count). The molecule has 1 aliphatic carbocycles. The Labute approximate surface area is 85.8 Å². The molecule has 15 heavy (non-hydrogen) atoms. The number of nitrogens with zero attached hydrogens (tertiary/aromatic N) is 2. The average molecular weight is 197 g/mol. The molecule has 0 radical (unpaired) electrons. The normalized spacial score (nSPS) is 17.6. The SMILES string of the molecule is NC1=NC2=CC(=O)c3ccccc3C2=N1. The van der Waals surface area contributed by atoms with Crippen molar-refractivity contribution in [1.29, 1.82) is 0 Å². The third-order valence-electron chi connectivity index (χ3n) is 2.42. The lowest BCUT2D eigenvalue weighted by Gasteiger charge is -2.11. The van der Waals surface area contributed by atoms with Crippen molar-refractivity contribution in [2.75, 3.05) is 0 Å². The Bertz CT molecular complexity index is 567. The summed E-state index contributed by atoms with van der Waals surface area (Å²) in [6.07, 6.45) is 1.47. The minimum absolute atomic E-state index is 0.0435. The number of carbonyl (C=O) groups excluding carboxylic acids is 1. The number of rotatable bonds is 0. The molecule has 0 spiro atoms.